The SMILES string of the molecule is COc1ccccc1N1CC(NC(=O)CCC2CCCO2)CC1=O. The number of benzene rings is 1. The standard InChI is InChI=1S/C18H24N2O4/c1-23-16-7-3-2-6-15(16)20-12-13(11-18(20)22)19-17(21)9-8-14-5-4-10-24-14/h2-3,6-7,13-14H,4-5,8-12H2,1H3,(H,19,21). The fourth-order valence-electron chi connectivity index (χ4n) is 3.35. The number of nitrogens with one attached hydrogen (secondary N) is 1. The van der Waals surface area contributed by atoms with E-state index in [1.807, 2.05) is 24.3 Å². The zero-order chi connectivity index (χ0) is 16.9. The zero-order valence-electron chi connectivity index (χ0n) is 14.0. The minimum atomic E-state index is -0.153. The van der Waals surface area contributed by atoms with Gasteiger partial charge in [0.2, 0.25) is 11.8 Å². The molecule has 0 aromatic heterocycles. The quantitative estimate of drug-likeness (QED) is 0.864. The van der Waals surface area contributed by atoms with E-state index in [-0.39, 0.29) is 24.0 Å². The normalized spacial score (nSPS) is 23.5. The van der Waals surface area contributed by atoms with Gasteiger partial charge in [0.15, 0.2) is 0 Å². The third-order valence-corrected chi connectivity index (χ3v) is 4.58. The van der Waals surface area contributed by atoms with Crippen molar-refractivity contribution in [1.29, 1.82) is 0 Å². The average Bonchev–Trinajstić information content (AvgIpc) is 3.22. The van der Waals surface area contributed by atoms with Gasteiger partial charge in [-0.3, -0.25) is 9.59 Å². The van der Waals surface area contributed by atoms with Crippen molar-refractivity contribution in [3.05, 3.63) is 24.3 Å². The highest BCUT2D eigenvalue weighted by atomic mass is 16.5. The molecule has 2 unspecified atom stereocenters. The fraction of sp³-hybridized carbons (Fsp3) is 0.556. The summed E-state index contributed by atoms with van der Waals surface area (Å²) in [5.74, 6) is 0.658. The van der Waals surface area contributed by atoms with Crippen LogP contribution in [-0.4, -0.2) is 44.2 Å². The lowest BCUT2D eigenvalue weighted by Gasteiger charge is -2.19. The monoisotopic (exact) mass is 332 g/mol. The lowest BCUT2D eigenvalue weighted by Crippen LogP contribution is -2.37. The molecule has 2 aliphatic rings. The van der Waals surface area contributed by atoms with E-state index in [1.165, 1.54) is 0 Å². The number of para-hydroxylation sites is 2. The first-order valence-electron chi connectivity index (χ1n) is 8.51. The molecule has 1 N–H and O–H groups in total. The largest absolute Gasteiger partial charge is 0.495 e. The number of carbonyl (C=O) groups is 2. The predicted molar refractivity (Wildman–Crippen MR) is 90.1 cm³/mol. The number of methoxy groups -OCH3 is 1. The van der Waals surface area contributed by atoms with Gasteiger partial charge in [0.25, 0.3) is 0 Å². The first kappa shape index (κ1) is 16.8. The molecule has 2 amide bonds. The van der Waals surface area contributed by atoms with Gasteiger partial charge in [-0.15, -0.1) is 0 Å². The Bertz CT molecular complexity index is 598. The number of carbonyl (C=O) groups excluding carboxylic acids is 2. The smallest absolute Gasteiger partial charge is 0.229 e. The van der Waals surface area contributed by atoms with Gasteiger partial charge in [0.05, 0.1) is 24.9 Å². The summed E-state index contributed by atoms with van der Waals surface area (Å²) < 4.78 is 10.9. The lowest BCUT2D eigenvalue weighted by atomic mass is 10.1. The van der Waals surface area contributed by atoms with Crippen molar-refractivity contribution < 1.29 is 19.1 Å². The van der Waals surface area contributed by atoms with Crippen molar-refractivity contribution in [2.45, 2.75) is 44.2 Å². The van der Waals surface area contributed by atoms with Gasteiger partial charge < -0.3 is 19.7 Å². The highest BCUT2D eigenvalue weighted by molar-refractivity contribution is 5.98. The van der Waals surface area contributed by atoms with E-state index in [0.29, 0.717) is 25.1 Å². The van der Waals surface area contributed by atoms with Gasteiger partial charge in [-0.2, -0.15) is 0 Å². The number of anilines is 1. The molecule has 130 valence electrons. The summed E-state index contributed by atoms with van der Waals surface area (Å²) in [5, 5.41) is 2.97. The molecule has 1 aromatic rings. The van der Waals surface area contributed by atoms with Crippen LogP contribution in [0.3, 0.4) is 0 Å². The Morgan fingerprint density at radius 1 is 1.42 bits per heavy atom. The summed E-state index contributed by atoms with van der Waals surface area (Å²) >= 11 is 0. The Morgan fingerprint density at radius 2 is 2.25 bits per heavy atom. The van der Waals surface area contributed by atoms with Crippen molar-refractivity contribution in [1.82, 2.24) is 5.32 Å². The minimum absolute atomic E-state index is 0.00364. The third kappa shape index (κ3) is 3.87. The summed E-state index contributed by atoms with van der Waals surface area (Å²) in [7, 11) is 1.59. The summed E-state index contributed by atoms with van der Waals surface area (Å²) in [5.41, 5.74) is 0.751. The van der Waals surface area contributed by atoms with Crippen molar-refractivity contribution in [3.8, 4) is 5.75 Å². The molecule has 1 aromatic carbocycles. The molecular weight excluding hydrogens is 308 g/mol. The van der Waals surface area contributed by atoms with Gasteiger partial charge in [0, 0.05) is 26.0 Å². The van der Waals surface area contributed by atoms with Crippen LogP contribution in [0.2, 0.25) is 0 Å². The van der Waals surface area contributed by atoms with Crippen molar-refractivity contribution >= 4 is 17.5 Å². The maximum Gasteiger partial charge on any atom is 0.229 e. The lowest BCUT2D eigenvalue weighted by molar-refractivity contribution is -0.122. The van der Waals surface area contributed by atoms with Gasteiger partial charge in [0.1, 0.15) is 5.75 Å². The Labute approximate surface area is 142 Å². The first-order valence-corrected chi connectivity index (χ1v) is 8.51. The number of ether oxygens (including phenoxy) is 2. The maximum absolute atomic E-state index is 12.3. The molecule has 0 radical (unpaired) electrons. The summed E-state index contributed by atoms with van der Waals surface area (Å²) in [4.78, 5) is 26.1. The van der Waals surface area contributed by atoms with Gasteiger partial charge in [-0.1, -0.05) is 12.1 Å². The van der Waals surface area contributed by atoms with Crippen molar-refractivity contribution in [3.63, 3.8) is 0 Å². The molecule has 2 aliphatic heterocycles. The van der Waals surface area contributed by atoms with Crippen molar-refractivity contribution in [2.24, 2.45) is 0 Å². The van der Waals surface area contributed by atoms with Gasteiger partial charge in [-0.25, -0.2) is 0 Å². The molecule has 6 nitrogen and oxygen atoms in total. The van der Waals surface area contributed by atoms with Crippen LogP contribution in [0, 0.1) is 0 Å². The van der Waals surface area contributed by atoms with Gasteiger partial charge >= 0.3 is 0 Å². The van der Waals surface area contributed by atoms with Crippen LogP contribution in [-0.2, 0) is 14.3 Å². The Kier molecular flexibility index (Phi) is 5.35. The van der Waals surface area contributed by atoms with Gasteiger partial charge in [-0.05, 0) is 31.4 Å². The molecular formula is C18H24N2O4. The second-order valence-corrected chi connectivity index (χ2v) is 6.32. The highest BCUT2D eigenvalue weighted by Gasteiger charge is 2.33. The van der Waals surface area contributed by atoms with Crippen LogP contribution in [0.15, 0.2) is 24.3 Å². The molecule has 2 heterocycles. The fourth-order valence-corrected chi connectivity index (χ4v) is 3.35. The molecule has 2 saturated heterocycles. The molecule has 3 rings (SSSR count). The molecule has 24 heavy (non-hydrogen) atoms. The van der Waals surface area contributed by atoms with E-state index in [2.05, 4.69) is 5.32 Å². The second kappa shape index (κ2) is 7.66. The third-order valence-electron chi connectivity index (χ3n) is 4.58. The van der Waals surface area contributed by atoms with E-state index in [0.717, 1.165) is 31.6 Å². The summed E-state index contributed by atoms with van der Waals surface area (Å²) in [6, 6.07) is 7.28. The van der Waals surface area contributed by atoms with Crippen LogP contribution in [0.25, 0.3) is 0 Å². The van der Waals surface area contributed by atoms with Crippen LogP contribution in [0.1, 0.15) is 32.1 Å². The maximum atomic E-state index is 12.3. The van der Waals surface area contributed by atoms with E-state index >= 15 is 0 Å². The van der Waals surface area contributed by atoms with E-state index in [9.17, 15) is 9.59 Å². The van der Waals surface area contributed by atoms with Crippen LogP contribution in [0.4, 0.5) is 5.69 Å². The number of hydrogen-bond acceptors (Lipinski definition) is 4. The van der Waals surface area contributed by atoms with E-state index in [4.69, 9.17) is 9.47 Å². The molecule has 0 spiro atoms. The molecule has 0 bridgehead atoms. The summed E-state index contributed by atoms with van der Waals surface area (Å²) in [6.07, 6.45) is 3.86. The average molecular weight is 332 g/mol. The Hall–Kier alpha value is -2.08. The first-order chi connectivity index (χ1) is 11.7. The van der Waals surface area contributed by atoms with Crippen molar-refractivity contribution in [2.75, 3.05) is 25.2 Å². The predicted octanol–water partition coefficient (Wildman–Crippen LogP) is 1.88. The Balaban J connectivity index is 1.53. The topological polar surface area (TPSA) is 67.9 Å². The highest BCUT2D eigenvalue weighted by Crippen LogP contribution is 2.31. The summed E-state index contributed by atoms with van der Waals surface area (Å²) in [6.45, 7) is 1.28. The van der Waals surface area contributed by atoms with Crippen LogP contribution < -0.4 is 15.0 Å². The number of rotatable bonds is 6. The second-order valence-electron chi connectivity index (χ2n) is 6.32. The Morgan fingerprint density at radius 3 is 3.00 bits per heavy atom. The molecule has 6 heteroatoms. The van der Waals surface area contributed by atoms with E-state index in [1.54, 1.807) is 12.0 Å². The number of amides is 2. The molecule has 2 fully saturated rings. The van der Waals surface area contributed by atoms with Crippen LogP contribution in [0.5, 0.6) is 5.75 Å². The zero-order valence-corrected chi connectivity index (χ0v) is 14.0. The molecule has 2 atom stereocenters. The number of nitrogens with zero attached hydrogens (tertiary/aromatic N) is 1. The van der Waals surface area contributed by atoms with E-state index < -0.39 is 0 Å². The number of hydrogen-bond donors (Lipinski definition) is 1. The molecule has 0 saturated carbocycles. The molecule has 0 aliphatic carbocycles. The minimum Gasteiger partial charge on any atom is -0.495 e. The van der Waals surface area contributed by atoms with Crippen LogP contribution >= 0.6 is 0 Å².